The third-order valence-electron chi connectivity index (χ3n) is 2.87. The Labute approximate surface area is 125 Å². The molecule has 2 aromatic rings. The van der Waals surface area contributed by atoms with Gasteiger partial charge in [0.1, 0.15) is 0 Å². The van der Waals surface area contributed by atoms with Crippen molar-refractivity contribution >= 4 is 28.9 Å². The Morgan fingerprint density at radius 2 is 2.05 bits per heavy atom. The normalized spacial score (nSPS) is 10.1. The summed E-state index contributed by atoms with van der Waals surface area (Å²) in [6, 6.07) is 10.9. The van der Waals surface area contributed by atoms with Crippen molar-refractivity contribution in [1.29, 1.82) is 0 Å². The Bertz CT molecular complexity index is 704. The largest absolute Gasteiger partial charge is 0.381 e. The predicted molar refractivity (Wildman–Crippen MR) is 80.4 cm³/mol. The van der Waals surface area contributed by atoms with E-state index in [-0.39, 0.29) is 5.69 Å². The molecule has 6 nitrogen and oxygen atoms in total. The van der Waals surface area contributed by atoms with Gasteiger partial charge in [-0.1, -0.05) is 17.7 Å². The highest BCUT2D eigenvalue weighted by Gasteiger charge is 2.09. The lowest BCUT2D eigenvalue weighted by molar-refractivity contribution is -0.384. The Balaban J connectivity index is 2.16. The molecule has 0 aliphatic carbocycles. The monoisotopic (exact) mass is 305 g/mol. The van der Waals surface area contributed by atoms with Gasteiger partial charge in [0.05, 0.1) is 4.92 Å². The van der Waals surface area contributed by atoms with Crippen molar-refractivity contribution in [3.63, 3.8) is 0 Å². The van der Waals surface area contributed by atoms with Crippen LogP contribution in [0.25, 0.3) is 0 Å². The van der Waals surface area contributed by atoms with E-state index in [9.17, 15) is 14.9 Å². The van der Waals surface area contributed by atoms with Crippen molar-refractivity contribution in [3.05, 3.63) is 68.7 Å². The van der Waals surface area contributed by atoms with E-state index in [0.717, 1.165) is 0 Å². The Morgan fingerprint density at radius 1 is 1.29 bits per heavy atom. The lowest BCUT2D eigenvalue weighted by Crippen LogP contribution is -2.11. The lowest BCUT2D eigenvalue weighted by Gasteiger charge is -2.09. The van der Waals surface area contributed by atoms with Crippen LogP contribution in [-0.4, -0.2) is 10.8 Å². The van der Waals surface area contributed by atoms with Crippen LogP contribution in [-0.2, 0) is 6.54 Å². The molecule has 1 amide bonds. The van der Waals surface area contributed by atoms with Crippen LogP contribution in [0.1, 0.15) is 15.9 Å². The van der Waals surface area contributed by atoms with E-state index in [4.69, 9.17) is 17.3 Å². The average molecular weight is 306 g/mol. The second-order valence-corrected chi connectivity index (χ2v) is 4.74. The van der Waals surface area contributed by atoms with Crippen LogP contribution >= 0.6 is 11.6 Å². The number of rotatable bonds is 5. The van der Waals surface area contributed by atoms with Gasteiger partial charge in [0, 0.05) is 35.0 Å². The van der Waals surface area contributed by atoms with E-state index < -0.39 is 10.8 Å². The van der Waals surface area contributed by atoms with Gasteiger partial charge in [-0.2, -0.15) is 0 Å². The molecule has 0 unspecified atom stereocenters. The van der Waals surface area contributed by atoms with Crippen molar-refractivity contribution in [3.8, 4) is 0 Å². The summed E-state index contributed by atoms with van der Waals surface area (Å²) >= 11 is 6.01. The maximum atomic E-state index is 11.1. The van der Waals surface area contributed by atoms with Crippen LogP contribution in [0.3, 0.4) is 0 Å². The standard InChI is InChI=1S/C14H12ClN3O3/c15-13-5-4-12(18(20)21)7-10(13)8-17-11-3-1-2-9(6-11)14(16)19/h1-7,17H,8H2,(H2,16,19). The molecule has 0 saturated carbocycles. The lowest BCUT2D eigenvalue weighted by atomic mass is 10.1. The highest BCUT2D eigenvalue weighted by atomic mass is 35.5. The molecule has 2 aromatic carbocycles. The number of carbonyl (C=O) groups excluding carboxylic acids is 1. The summed E-state index contributed by atoms with van der Waals surface area (Å²) < 4.78 is 0. The van der Waals surface area contributed by atoms with Crippen molar-refractivity contribution in [2.24, 2.45) is 5.73 Å². The zero-order chi connectivity index (χ0) is 15.4. The number of nitrogens with one attached hydrogen (secondary N) is 1. The molecule has 108 valence electrons. The minimum Gasteiger partial charge on any atom is -0.381 e. The number of benzene rings is 2. The molecule has 0 radical (unpaired) electrons. The van der Waals surface area contributed by atoms with Gasteiger partial charge in [-0.25, -0.2) is 0 Å². The molecule has 3 N–H and O–H groups in total. The highest BCUT2D eigenvalue weighted by molar-refractivity contribution is 6.31. The molecular formula is C14H12ClN3O3. The first-order valence-electron chi connectivity index (χ1n) is 6.04. The van der Waals surface area contributed by atoms with Crippen LogP contribution in [0, 0.1) is 10.1 Å². The summed E-state index contributed by atoms with van der Waals surface area (Å²) in [5, 5.41) is 14.2. The first kappa shape index (κ1) is 14.8. The SMILES string of the molecule is NC(=O)c1cccc(NCc2cc([N+](=O)[O-])ccc2Cl)c1. The second-order valence-electron chi connectivity index (χ2n) is 4.33. The molecular weight excluding hydrogens is 294 g/mol. The Kier molecular flexibility index (Phi) is 4.39. The molecule has 0 aliphatic rings. The van der Waals surface area contributed by atoms with Crippen LogP contribution in [0.5, 0.6) is 0 Å². The molecule has 0 aromatic heterocycles. The molecule has 0 spiro atoms. The van der Waals surface area contributed by atoms with Crippen LogP contribution in [0.4, 0.5) is 11.4 Å². The third kappa shape index (κ3) is 3.70. The van der Waals surface area contributed by atoms with Crippen molar-refractivity contribution < 1.29 is 9.72 Å². The molecule has 0 saturated heterocycles. The highest BCUT2D eigenvalue weighted by Crippen LogP contribution is 2.23. The third-order valence-corrected chi connectivity index (χ3v) is 3.24. The molecule has 0 atom stereocenters. The summed E-state index contributed by atoms with van der Waals surface area (Å²) in [7, 11) is 0. The summed E-state index contributed by atoms with van der Waals surface area (Å²) in [6.07, 6.45) is 0. The molecule has 2 rings (SSSR count). The van der Waals surface area contributed by atoms with Crippen molar-refractivity contribution in [2.75, 3.05) is 5.32 Å². The van der Waals surface area contributed by atoms with Gasteiger partial charge in [-0.3, -0.25) is 14.9 Å². The number of halogens is 1. The molecule has 0 aliphatic heterocycles. The van der Waals surface area contributed by atoms with Gasteiger partial charge < -0.3 is 11.1 Å². The number of hydrogen-bond donors (Lipinski definition) is 2. The minimum atomic E-state index is -0.521. The molecule has 21 heavy (non-hydrogen) atoms. The predicted octanol–water partition coefficient (Wildman–Crippen LogP) is 2.96. The zero-order valence-electron chi connectivity index (χ0n) is 10.9. The topological polar surface area (TPSA) is 98.3 Å². The maximum Gasteiger partial charge on any atom is 0.269 e. The van der Waals surface area contributed by atoms with E-state index >= 15 is 0 Å². The number of amides is 1. The number of nitrogens with zero attached hydrogens (tertiary/aromatic N) is 1. The van der Waals surface area contributed by atoms with E-state index in [1.54, 1.807) is 24.3 Å². The van der Waals surface area contributed by atoms with Gasteiger partial charge in [0.2, 0.25) is 5.91 Å². The molecule has 0 bridgehead atoms. The van der Waals surface area contributed by atoms with Crippen LogP contribution in [0.2, 0.25) is 5.02 Å². The summed E-state index contributed by atoms with van der Waals surface area (Å²) in [4.78, 5) is 21.4. The number of carbonyl (C=O) groups is 1. The molecule has 0 fully saturated rings. The van der Waals surface area contributed by atoms with Gasteiger partial charge in [0.15, 0.2) is 0 Å². The van der Waals surface area contributed by atoms with Gasteiger partial charge >= 0.3 is 0 Å². The fourth-order valence-electron chi connectivity index (χ4n) is 1.79. The Morgan fingerprint density at radius 3 is 2.71 bits per heavy atom. The maximum absolute atomic E-state index is 11.1. The van der Waals surface area contributed by atoms with Crippen molar-refractivity contribution in [1.82, 2.24) is 0 Å². The number of non-ortho nitro benzene ring substituents is 1. The fraction of sp³-hybridized carbons (Fsp3) is 0.0714. The average Bonchev–Trinajstić information content (AvgIpc) is 2.46. The molecule has 7 heteroatoms. The Hall–Kier alpha value is -2.60. The van der Waals surface area contributed by atoms with Gasteiger partial charge in [-0.05, 0) is 29.8 Å². The van der Waals surface area contributed by atoms with Crippen LogP contribution in [0.15, 0.2) is 42.5 Å². The van der Waals surface area contributed by atoms with E-state index in [1.165, 1.54) is 18.2 Å². The minimum absolute atomic E-state index is 0.0258. The van der Waals surface area contributed by atoms with E-state index in [2.05, 4.69) is 5.32 Å². The number of anilines is 1. The smallest absolute Gasteiger partial charge is 0.269 e. The fourth-order valence-corrected chi connectivity index (χ4v) is 1.97. The second kappa shape index (κ2) is 6.23. The van der Waals surface area contributed by atoms with E-state index in [0.29, 0.717) is 28.4 Å². The van der Waals surface area contributed by atoms with Crippen molar-refractivity contribution in [2.45, 2.75) is 6.54 Å². The number of nitro groups is 1. The first-order chi connectivity index (χ1) is 9.97. The van der Waals surface area contributed by atoms with E-state index in [1.807, 2.05) is 0 Å². The summed E-state index contributed by atoms with van der Waals surface area (Å²) in [5.41, 5.74) is 6.83. The van der Waals surface area contributed by atoms with Gasteiger partial charge in [0.25, 0.3) is 5.69 Å². The molecule has 0 heterocycles. The first-order valence-corrected chi connectivity index (χ1v) is 6.42. The number of hydrogen-bond acceptors (Lipinski definition) is 4. The quantitative estimate of drug-likeness (QED) is 0.655. The number of nitro benzene ring substituents is 1. The zero-order valence-corrected chi connectivity index (χ0v) is 11.6. The number of primary amides is 1. The van der Waals surface area contributed by atoms with Crippen LogP contribution < -0.4 is 11.1 Å². The summed E-state index contributed by atoms with van der Waals surface area (Å²) in [5.74, 6) is -0.521. The summed E-state index contributed by atoms with van der Waals surface area (Å²) in [6.45, 7) is 0.294. The van der Waals surface area contributed by atoms with Gasteiger partial charge in [-0.15, -0.1) is 0 Å². The number of nitrogens with two attached hydrogens (primary N) is 1.